The number of halogens is 3. The van der Waals surface area contributed by atoms with Gasteiger partial charge in [0.1, 0.15) is 0 Å². The molecule has 0 saturated heterocycles. The van der Waals surface area contributed by atoms with Gasteiger partial charge < -0.3 is 5.11 Å². The monoisotopic (exact) mass is 208 g/mol. The molecule has 1 aliphatic rings. The van der Waals surface area contributed by atoms with Crippen LogP contribution in [0.25, 0.3) is 0 Å². The van der Waals surface area contributed by atoms with Crippen LogP contribution in [0.15, 0.2) is 11.6 Å². The molecule has 4 heteroatoms. The molecule has 0 radical (unpaired) electrons. The van der Waals surface area contributed by atoms with E-state index in [-0.39, 0.29) is 5.92 Å². The molecule has 3 atom stereocenters. The van der Waals surface area contributed by atoms with Crippen LogP contribution >= 0.6 is 0 Å². The van der Waals surface area contributed by atoms with Gasteiger partial charge in [-0.3, -0.25) is 0 Å². The fraction of sp³-hybridized carbons (Fsp3) is 0.800. The Bertz CT molecular complexity index is 232. The van der Waals surface area contributed by atoms with Crippen LogP contribution < -0.4 is 0 Å². The minimum absolute atomic E-state index is 0.130. The van der Waals surface area contributed by atoms with Crippen LogP contribution in [0.2, 0.25) is 0 Å². The Morgan fingerprint density at radius 1 is 1.50 bits per heavy atom. The van der Waals surface area contributed by atoms with E-state index in [4.69, 9.17) is 5.11 Å². The summed E-state index contributed by atoms with van der Waals surface area (Å²) in [6, 6.07) is 0. The van der Waals surface area contributed by atoms with E-state index >= 15 is 0 Å². The summed E-state index contributed by atoms with van der Waals surface area (Å²) in [7, 11) is 0. The number of rotatable bonds is 1. The summed E-state index contributed by atoms with van der Waals surface area (Å²) < 4.78 is 36.7. The SMILES string of the molecule is CC1=CC(C)CC(C(O)C(F)(F)F)C1. The number of allylic oxidation sites excluding steroid dienone is 2. The van der Waals surface area contributed by atoms with E-state index in [0.717, 1.165) is 5.57 Å². The third kappa shape index (κ3) is 2.74. The van der Waals surface area contributed by atoms with Crippen molar-refractivity contribution >= 4 is 0 Å². The molecular formula is C10H15F3O. The summed E-state index contributed by atoms with van der Waals surface area (Å²) in [6.45, 7) is 3.69. The van der Waals surface area contributed by atoms with Crippen molar-refractivity contribution in [2.45, 2.75) is 39.0 Å². The maximum absolute atomic E-state index is 12.2. The van der Waals surface area contributed by atoms with Gasteiger partial charge in [-0.05, 0) is 31.6 Å². The smallest absolute Gasteiger partial charge is 0.383 e. The minimum atomic E-state index is -4.48. The third-order valence-electron chi connectivity index (χ3n) is 2.61. The first-order valence-electron chi connectivity index (χ1n) is 4.72. The van der Waals surface area contributed by atoms with Crippen LogP contribution in [-0.4, -0.2) is 17.4 Å². The van der Waals surface area contributed by atoms with Crippen molar-refractivity contribution < 1.29 is 18.3 Å². The molecule has 1 rings (SSSR count). The fourth-order valence-corrected chi connectivity index (χ4v) is 2.10. The first kappa shape index (κ1) is 11.6. The minimum Gasteiger partial charge on any atom is -0.383 e. The van der Waals surface area contributed by atoms with Gasteiger partial charge in [-0.15, -0.1) is 0 Å². The summed E-state index contributed by atoms with van der Waals surface area (Å²) in [5.41, 5.74) is 0.942. The lowest BCUT2D eigenvalue weighted by Crippen LogP contribution is -2.37. The standard InChI is InChI=1S/C10H15F3O/c1-6-3-7(2)5-8(4-6)9(14)10(11,12)13/h3,6,8-9,14H,4-5H2,1-2H3. The van der Waals surface area contributed by atoms with Crippen LogP contribution in [0, 0.1) is 11.8 Å². The Morgan fingerprint density at radius 2 is 2.07 bits per heavy atom. The Hall–Kier alpha value is -0.510. The Labute approximate surface area is 81.6 Å². The molecule has 1 N–H and O–H groups in total. The zero-order valence-corrected chi connectivity index (χ0v) is 8.30. The highest BCUT2D eigenvalue weighted by Crippen LogP contribution is 2.36. The van der Waals surface area contributed by atoms with Gasteiger partial charge in [-0.25, -0.2) is 0 Å². The predicted molar refractivity (Wildman–Crippen MR) is 47.7 cm³/mol. The molecule has 0 heterocycles. The second-order valence-electron chi connectivity index (χ2n) is 4.18. The number of alkyl halides is 3. The quantitative estimate of drug-likeness (QED) is 0.657. The predicted octanol–water partition coefficient (Wildman–Crippen LogP) is 2.90. The summed E-state index contributed by atoms with van der Waals surface area (Å²) in [5.74, 6) is -0.541. The lowest BCUT2D eigenvalue weighted by molar-refractivity contribution is -0.220. The van der Waals surface area contributed by atoms with Gasteiger partial charge >= 0.3 is 6.18 Å². The van der Waals surface area contributed by atoms with E-state index in [2.05, 4.69) is 0 Å². The number of aliphatic hydroxyl groups excluding tert-OH is 1. The van der Waals surface area contributed by atoms with Crippen LogP contribution in [0.5, 0.6) is 0 Å². The van der Waals surface area contributed by atoms with Crippen molar-refractivity contribution in [2.75, 3.05) is 0 Å². The van der Waals surface area contributed by atoms with E-state index in [1.807, 2.05) is 19.9 Å². The Morgan fingerprint density at radius 3 is 2.50 bits per heavy atom. The third-order valence-corrected chi connectivity index (χ3v) is 2.61. The summed E-state index contributed by atoms with van der Waals surface area (Å²) in [5, 5.41) is 9.09. The van der Waals surface area contributed by atoms with Gasteiger partial charge in [0.25, 0.3) is 0 Å². The van der Waals surface area contributed by atoms with E-state index < -0.39 is 18.2 Å². The molecule has 14 heavy (non-hydrogen) atoms. The first-order chi connectivity index (χ1) is 6.30. The van der Waals surface area contributed by atoms with Crippen LogP contribution in [0.4, 0.5) is 13.2 Å². The highest BCUT2D eigenvalue weighted by Gasteiger charge is 2.44. The van der Waals surface area contributed by atoms with Gasteiger partial charge in [-0.2, -0.15) is 13.2 Å². The maximum Gasteiger partial charge on any atom is 0.414 e. The van der Waals surface area contributed by atoms with Crippen molar-refractivity contribution in [1.82, 2.24) is 0 Å². The van der Waals surface area contributed by atoms with Gasteiger partial charge in [0.05, 0.1) is 0 Å². The molecule has 0 aromatic rings. The van der Waals surface area contributed by atoms with Crippen molar-refractivity contribution in [3.8, 4) is 0 Å². The molecule has 0 bridgehead atoms. The summed E-state index contributed by atoms with van der Waals surface area (Å²) in [6.07, 6.45) is -3.92. The topological polar surface area (TPSA) is 20.2 Å². The van der Waals surface area contributed by atoms with Crippen LogP contribution in [0.3, 0.4) is 0 Å². The molecule has 0 aromatic heterocycles. The fourth-order valence-electron chi connectivity index (χ4n) is 2.10. The molecule has 1 aliphatic carbocycles. The second kappa shape index (κ2) is 3.93. The van der Waals surface area contributed by atoms with Gasteiger partial charge in [0, 0.05) is 0 Å². The van der Waals surface area contributed by atoms with Crippen LogP contribution in [-0.2, 0) is 0 Å². The average Bonchev–Trinajstić information content (AvgIpc) is 1.99. The van der Waals surface area contributed by atoms with Gasteiger partial charge in [-0.1, -0.05) is 18.6 Å². The number of hydrogen-bond acceptors (Lipinski definition) is 1. The average molecular weight is 208 g/mol. The molecule has 0 saturated carbocycles. The molecule has 0 aromatic carbocycles. The molecule has 0 fully saturated rings. The van der Waals surface area contributed by atoms with Crippen molar-refractivity contribution in [3.63, 3.8) is 0 Å². The molecule has 3 unspecified atom stereocenters. The molecule has 1 nitrogen and oxygen atoms in total. The maximum atomic E-state index is 12.2. The van der Waals surface area contributed by atoms with Crippen molar-refractivity contribution in [3.05, 3.63) is 11.6 Å². The number of hydrogen-bond donors (Lipinski definition) is 1. The van der Waals surface area contributed by atoms with E-state index in [9.17, 15) is 13.2 Å². The largest absolute Gasteiger partial charge is 0.414 e. The zero-order chi connectivity index (χ0) is 10.9. The van der Waals surface area contributed by atoms with E-state index in [1.165, 1.54) is 0 Å². The van der Waals surface area contributed by atoms with E-state index in [1.54, 1.807) is 0 Å². The Balaban J connectivity index is 2.68. The van der Waals surface area contributed by atoms with Gasteiger partial charge in [0.15, 0.2) is 6.10 Å². The van der Waals surface area contributed by atoms with Crippen molar-refractivity contribution in [1.29, 1.82) is 0 Å². The van der Waals surface area contributed by atoms with Crippen LogP contribution in [0.1, 0.15) is 26.7 Å². The highest BCUT2D eigenvalue weighted by molar-refractivity contribution is 5.07. The Kier molecular flexibility index (Phi) is 3.24. The molecule has 0 spiro atoms. The second-order valence-corrected chi connectivity index (χ2v) is 4.18. The number of aliphatic hydroxyl groups is 1. The lowest BCUT2D eigenvalue weighted by Gasteiger charge is -2.30. The molecular weight excluding hydrogens is 193 g/mol. The first-order valence-corrected chi connectivity index (χ1v) is 4.72. The molecule has 0 amide bonds. The summed E-state index contributed by atoms with van der Waals surface area (Å²) >= 11 is 0. The highest BCUT2D eigenvalue weighted by atomic mass is 19.4. The molecule has 82 valence electrons. The summed E-state index contributed by atoms with van der Waals surface area (Å²) in [4.78, 5) is 0. The normalized spacial score (nSPS) is 31.1. The lowest BCUT2D eigenvalue weighted by atomic mass is 9.80. The van der Waals surface area contributed by atoms with Crippen molar-refractivity contribution in [2.24, 2.45) is 11.8 Å². The zero-order valence-electron chi connectivity index (χ0n) is 8.30. The van der Waals surface area contributed by atoms with Gasteiger partial charge in [0.2, 0.25) is 0 Å². The van der Waals surface area contributed by atoms with E-state index in [0.29, 0.717) is 12.8 Å². The molecule has 0 aliphatic heterocycles.